The molecule has 0 amide bonds. The molecule has 1 saturated heterocycles. The number of thiol groups is 1. The lowest BCUT2D eigenvalue weighted by Crippen LogP contribution is -2.41. The maximum absolute atomic E-state index is 12.8. The van der Waals surface area contributed by atoms with E-state index in [1.807, 2.05) is 0 Å². The molecule has 1 aromatic carbocycles. The van der Waals surface area contributed by atoms with Crippen molar-refractivity contribution in [3.63, 3.8) is 0 Å². The Kier molecular flexibility index (Phi) is 2.26. The second kappa shape index (κ2) is 3.15. The Morgan fingerprint density at radius 3 is 2.62 bits per heavy atom. The van der Waals surface area contributed by atoms with Crippen LogP contribution >= 0.6 is 24.2 Å². The van der Waals surface area contributed by atoms with Crippen molar-refractivity contribution in [2.24, 2.45) is 0 Å². The first-order chi connectivity index (χ1) is 6.12. The van der Waals surface area contributed by atoms with Crippen molar-refractivity contribution in [2.45, 2.75) is 4.75 Å². The van der Waals surface area contributed by atoms with Crippen LogP contribution < -0.4 is 0 Å². The van der Waals surface area contributed by atoms with E-state index in [4.69, 9.17) is 16.3 Å². The number of rotatable bonds is 1. The third-order valence-corrected chi connectivity index (χ3v) is 2.94. The standard InChI is InChI=1S/C9H8ClFOS/c10-7-3-6(1-2-8(7)11)9(13)4-12-5-9/h1-3,13H,4-5H2. The molecule has 0 spiro atoms. The predicted molar refractivity (Wildman–Crippen MR) is 52.9 cm³/mol. The second-order valence-corrected chi connectivity index (χ2v) is 4.42. The van der Waals surface area contributed by atoms with Crippen LogP contribution in [0.2, 0.25) is 5.02 Å². The van der Waals surface area contributed by atoms with Gasteiger partial charge in [-0.1, -0.05) is 17.7 Å². The Hall–Kier alpha value is -0.250. The van der Waals surface area contributed by atoms with Gasteiger partial charge in [-0.25, -0.2) is 4.39 Å². The first-order valence-corrected chi connectivity index (χ1v) is 4.70. The molecule has 0 unspecified atom stereocenters. The van der Waals surface area contributed by atoms with E-state index in [0.29, 0.717) is 13.2 Å². The van der Waals surface area contributed by atoms with Gasteiger partial charge in [0.25, 0.3) is 0 Å². The third kappa shape index (κ3) is 1.56. The summed E-state index contributed by atoms with van der Waals surface area (Å²) < 4.78 is 17.6. The monoisotopic (exact) mass is 218 g/mol. The van der Waals surface area contributed by atoms with Gasteiger partial charge in [-0.2, -0.15) is 12.6 Å². The lowest BCUT2D eigenvalue weighted by Gasteiger charge is -2.37. The molecule has 1 heterocycles. The summed E-state index contributed by atoms with van der Waals surface area (Å²) in [7, 11) is 0. The van der Waals surface area contributed by atoms with E-state index in [1.54, 1.807) is 12.1 Å². The van der Waals surface area contributed by atoms with Crippen molar-refractivity contribution in [3.05, 3.63) is 34.6 Å². The summed E-state index contributed by atoms with van der Waals surface area (Å²) in [6.45, 7) is 1.11. The van der Waals surface area contributed by atoms with Crippen LogP contribution in [0.5, 0.6) is 0 Å². The van der Waals surface area contributed by atoms with E-state index < -0.39 is 5.82 Å². The molecule has 1 fully saturated rings. The normalized spacial score (nSPS) is 19.6. The molecule has 0 N–H and O–H groups in total. The summed E-state index contributed by atoms with van der Waals surface area (Å²) in [4.78, 5) is 0. The summed E-state index contributed by atoms with van der Waals surface area (Å²) in [5.41, 5.74) is 0.911. The molecule has 13 heavy (non-hydrogen) atoms. The highest BCUT2D eigenvalue weighted by molar-refractivity contribution is 7.81. The van der Waals surface area contributed by atoms with Crippen LogP contribution in [0, 0.1) is 5.82 Å². The Labute approximate surface area is 86.3 Å². The first kappa shape index (κ1) is 9.31. The Morgan fingerprint density at radius 2 is 2.15 bits per heavy atom. The maximum atomic E-state index is 12.8. The summed E-state index contributed by atoms with van der Waals surface area (Å²) in [6, 6.07) is 4.65. The molecule has 0 radical (unpaired) electrons. The van der Waals surface area contributed by atoms with Crippen LogP contribution in [-0.4, -0.2) is 13.2 Å². The zero-order valence-electron chi connectivity index (χ0n) is 6.76. The van der Waals surface area contributed by atoms with E-state index in [1.165, 1.54) is 6.07 Å². The molecule has 0 bridgehead atoms. The molecular weight excluding hydrogens is 211 g/mol. The van der Waals surface area contributed by atoms with Gasteiger partial charge in [0.2, 0.25) is 0 Å². The van der Waals surface area contributed by atoms with Crippen molar-refractivity contribution in [1.29, 1.82) is 0 Å². The second-order valence-electron chi connectivity index (χ2n) is 3.15. The average Bonchev–Trinajstić information content (AvgIpc) is 2.06. The molecule has 1 aliphatic heterocycles. The molecule has 0 aliphatic carbocycles. The van der Waals surface area contributed by atoms with Gasteiger partial charge in [0.15, 0.2) is 0 Å². The molecule has 1 aromatic rings. The lowest BCUT2D eigenvalue weighted by molar-refractivity contribution is -0.00971. The number of halogens is 2. The number of ether oxygens (including phenoxy) is 1. The maximum Gasteiger partial charge on any atom is 0.141 e. The summed E-state index contributed by atoms with van der Waals surface area (Å²) >= 11 is 10.1. The zero-order chi connectivity index (χ0) is 9.47. The molecule has 1 aliphatic rings. The van der Waals surface area contributed by atoms with E-state index in [2.05, 4.69) is 12.6 Å². The fraction of sp³-hybridized carbons (Fsp3) is 0.333. The van der Waals surface area contributed by atoms with Crippen molar-refractivity contribution < 1.29 is 9.13 Å². The van der Waals surface area contributed by atoms with Gasteiger partial charge in [0, 0.05) is 0 Å². The molecular formula is C9H8ClFOS. The molecule has 0 atom stereocenters. The minimum absolute atomic E-state index is 0.137. The minimum atomic E-state index is -0.400. The van der Waals surface area contributed by atoms with E-state index in [-0.39, 0.29) is 9.77 Å². The molecule has 1 nitrogen and oxygen atoms in total. The molecule has 0 aromatic heterocycles. The van der Waals surface area contributed by atoms with Gasteiger partial charge in [-0.05, 0) is 17.7 Å². The Bertz CT molecular complexity index is 338. The highest BCUT2D eigenvalue weighted by Gasteiger charge is 2.36. The van der Waals surface area contributed by atoms with Crippen LogP contribution in [0.4, 0.5) is 4.39 Å². The largest absolute Gasteiger partial charge is 0.378 e. The van der Waals surface area contributed by atoms with Crippen LogP contribution in [0.3, 0.4) is 0 Å². The van der Waals surface area contributed by atoms with Crippen LogP contribution in [0.25, 0.3) is 0 Å². The summed E-state index contributed by atoms with van der Waals surface area (Å²) in [6.07, 6.45) is 0. The van der Waals surface area contributed by atoms with Crippen LogP contribution in [-0.2, 0) is 9.48 Å². The van der Waals surface area contributed by atoms with Gasteiger partial charge in [0.1, 0.15) is 5.82 Å². The smallest absolute Gasteiger partial charge is 0.141 e. The lowest BCUT2D eigenvalue weighted by atomic mass is 9.96. The SMILES string of the molecule is Fc1ccc(C2(S)COC2)cc1Cl. The van der Waals surface area contributed by atoms with Gasteiger partial charge in [0.05, 0.1) is 23.0 Å². The number of benzene rings is 1. The molecule has 2 rings (SSSR count). The molecule has 70 valence electrons. The fourth-order valence-corrected chi connectivity index (χ4v) is 1.75. The van der Waals surface area contributed by atoms with E-state index in [9.17, 15) is 4.39 Å². The van der Waals surface area contributed by atoms with Gasteiger partial charge in [-0.3, -0.25) is 0 Å². The van der Waals surface area contributed by atoms with E-state index in [0.717, 1.165) is 5.56 Å². The van der Waals surface area contributed by atoms with Crippen LogP contribution in [0.1, 0.15) is 5.56 Å². The Balaban J connectivity index is 2.36. The highest BCUT2D eigenvalue weighted by Crippen LogP contribution is 2.37. The van der Waals surface area contributed by atoms with Gasteiger partial charge < -0.3 is 4.74 Å². The fourth-order valence-electron chi connectivity index (χ4n) is 1.25. The van der Waals surface area contributed by atoms with Gasteiger partial charge >= 0.3 is 0 Å². The van der Waals surface area contributed by atoms with Crippen molar-refractivity contribution in [2.75, 3.05) is 13.2 Å². The summed E-state index contributed by atoms with van der Waals surface area (Å²) in [5, 5.41) is 0.137. The van der Waals surface area contributed by atoms with E-state index >= 15 is 0 Å². The molecule has 4 heteroatoms. The Morgan fingerprint density at radius 1 is 1.46 bits per heavy atom. The predicted octanol–water partition coefficient (Wildman–Crippen LogP) is 2.63. The third-order valence-electron chi connectivity index (χ3n) is 2.14. The number of hydrogen-bond donors (Lipinski definition) is 1. The number of hydrogen-bond acceptors (Lipinski definition) is 2. The zero-order valence-corrected chi connectivity index (χ0v) is 8.41. The quantitative estimate of drug-likeness (QED) is 0.713. The van der Waals surface area contributed by atoms with Crippen molar-refractivity contribution >= 4 is 24.2 Å². The molecule has 0 saturated carbocycles. The topological polar surface area (TPSA) is 9.23 Å². The average molecular weight is 219 g/mol. The highest BCUT2D eigenvalue weighted by atomic mass is 35.5. The van der Waals surface area contributed by atoms with Crippen molar-refractivity contribution in [3.8, 4) is 0 Å². The van der Waals surface area contributed by atoms with Gasteiger partial charge in [-0.15, -0.1) is 0 Å². The first-order valence-electron chi connectivity index (χ1n) is 3.87. The van der Waals surface area contributed by atoms with Crippen molar-refractivity contribution in [1.82, 2.24) is 0 Å². The van der Waals surface area contributed by atoms with Crippen LogP contribution in [0.15, 0.2) is 18.2 Å². The summed E-state index contributed by atoms with van der Waals surface area (Å²) in [5.74, 6) is -0.400. The minimum Gasteiger partial charge on any atom is -0.378 e.